The predicted octanol–water partition coefficient (Wildman–Crippen LogP) is 4.48. The van der Waals surface area contributed by atoms with E-state index in [1.807, 2.05) is 13.8 Å². The highest BCUT2D eigenvalue weighted by molar-refractivity contribution is 7.14. The van der Waals surface area contributed by atoms with Crippen molar-refractivity contribution in [2.45, 2.75) is 65.9 Å². The molecular formula is C25H33NO3S. The Morgan fingerprint density at radius 2 is 1.97 bits per heavy atom. The number of benzene rings is 1. The molecule has 1 aromatic carbocycles. The van der Waals surface area contributed by atoms with E-state index in [4.69, 9.17) is 10.5 Å². The minimum Gasteiger partial charge on any atom is -0.490 e. The molecule has 0 amide bonds. The smallest absolute Gasteiger partial charge is 0.173 e. The van der Waals surface area contributed by atoms with Crippen LogP contribution in [0.15, 0.2) is 12.1 Å². The van der Waals surface area contributed by atoms with Gasteiger partial charge in [0.2, 0.25) is 0 Å². The van der Waals surface area contributed by atoms with Gasteiger partial charge in [-0.1, -0.05) is 26.0 Å². The maximum absolute atomic E-state index is 13.1. The SMILES string of the molecule is Cc1cc(CCC(=O)c2sc(C)c3c2C[C@@H]2[C@H]3C2(C)C)cc(C)c1OCC(O)CN. The molecule has 1 fully saturated rings. The fourth-order valence-corrected chi connectivity index (χ4v) is 6.59. The second-order valence-electron chi connectivity index (χ2n) is 9.67. The summed E-state index contributed by atoms with van der Waals surface area (Å²) >= 11 is 1.71. The molecule has 5 heteroatoms. The monoisotopic (exact) mass is 427 g/mol. The largest absolute Gasteiger partial charge is 0.490 e. The number of aliphatic hydroxyl groups is 1. The number of thiophene rings is 1. The molecule has 2 aliphatic rings. The molecule has 1 unspecified atom stereocenters. The number of hydrogen-bond donors (Lipinski definition) is 2. The van der Waals surface area contributed by atoms with E-state index in [0.29, 0.717) is 17.8 Å². The molecule has 0 radical (unpaired) electrons. The molecule has 2 aliphatic carbocycles. The molecule has 4 rings (SSSR count). The van der Waals surface area contributed by atoms with E-state index in [9.17, 15) is 9.90 Å². The number of carbonyl (C=O) groups is 1. The molecule has 30 heavy (non-hydrogen) atoms. The molecule has 1 aromatic heterocycles. The summed E-state index contributed by atoms with van der Waals surface area (Å²) in [7, 11) is 0. The molecule has 3 atom stereocenters. The van der Waals surface area contributed by atoms with E-state index in [0.717, 1.165) is 46.1 Å². The van der Waals surface area contributed by atoms with Gasteiger partial charge < -0.3 is 15.6 Å². The van der Waals surface area contributed by atoms with Crippen molar-refractivity contribution in [3.05, 3.63) is 49.7 Å². The van der Waals surface area contributed by atoms with E-state index in [1.54, 1.807) is 11.3 Å². The summed E-state index contributed by atoms with van der Waals surface area (Å²) in [6.07, 6.45) is 1.69. The molecule has 0 spiro atoms. The lowest BCUT2D eigenvalue weighted by atomic mass is 9.93. The predicted molar refractivity (Wildman–Crippen MR) is 122 cm³/mol. The first-order chi connectivity index (χ1) is 14.1. The molecule has 1 heterocycles. The van der Waals surface area contributed by atoms with Crippen LogP contribution >= 0.6 is 11.3 Å². The zero-order chi connectivity index (χ0) is 21.8. The quantitative estimate of drug-likeness (QED) is 0.609. The van der Waals surface area contributed by atoms with Gasteiger partial charge in [0.25, 0.3) is 0 Å². The van der Waals surface area contributed by atoms with E-state index in [1.165, 1.54) is 16.0 Å². The standard InChI is InChI=1S/C25H33NO3S/c1-13-8-16(9-14(2)23(13)29-12-17(27)11-26)6-7-20(28)24-18-10-19-22(25(19,4)5)21(18)15(3)30-24/h8-9,17,19,22,27H,6-7,10-12,26H2,1-5H3/t17?,19-,22-/m1/s1. The number of ether oxygens (including phenoxy) is 1. The highest BCUT2D eigenvalue weighted by Gasteiger charge is 2.63. The number of fused-ring (bicyclic) bond motifs is 3. The number of hydrogen-bond acceptors (Lipinski definition) is 5. The number of rotatable bonds is 8. The molecule has 0 aliphatic heterocycles. The third-order valence-corrected chi connectivity index (χ3v) is 8.33. The lowest BCUT2D eigenvalue weighted by Gasteiger charge is -2.16. The Morgan fingerprint density at radius 3 is 2.60 bits per heavy atom. The fourth-order valence-electron chi connectivity index (χ4n) is 5.39. The number of aryl methyl sites for hydroxylation is 4. The van der Waals surface area contributed by atoms with Gasteiger partial charge >= 0.3 is 0 Å². The lowest BCUT2D eigenvalue weighted by Crippen LogP contribution is -2.26. The van der Waals surface area contributed by atoms with Crippen molar-refractivity contribution in [1.82, 2.24) is 0 Å². The summed E-state index contributed by atoms with van der Waals surface area (Å²) in [4.78, 5) is 15.4. The molecule has 4 nitrogen and oxygen atoms in total. The zero-order valence-corrected chi connectivity index (χ0v) is 19.5. The maximum atomic E-state index is 13.1. The third kappa shape index (κ3) is 3.61. The Morgan fingerprint density at radius 1 is 1.30 bits per heavy atom. The minimum atomic E-state index is -0.659. The first-order valence-electron chi connectivity index (χ1n) is 10.9. The van der Waals surface area contributed by atoms with E-state index < -0.39 is 6.10 Å². The van der Waals surface area contributed by atoms with Gasteiger partial charge in [-0.2, -0.15) is 0 Å². The van der Waals surface area contributed by atoms with Crippen LogP contribution < -0.4 is 10.5 Å². The van der Waals surface area contributed by atoms with Gasteiger partial charge in [0.15, 0.2) is 5.78 Å². The normalized spacial score (nSPS) is 21.8. The Bertz CT molecular complexity index is 968. The van der Waals surface area contributed by atoms with Crippen molar-refractivity contribution in [3.63, 3.8) is 0 Å². The highest BCUT2D eigenvalue weighted by Crippen LogP contribution is 2.71. The number of nitrogens with two attached hydrogens (primary N) is 1. The molecule has 1 saturated carbocycles. The second-order valence-corrected chi connectivity index (χ2v) is 10.9. The summed E-state index contributed by atoms with van der Waals surface area (Å²) < 4.78 is 5.76. The minimum absolute atomic E-state index is 0.184. The van der Waals surface area contributed by atoms with Gasteiger partial charge in [0.05, 0.1) is 4.88 Å². The van der Waals surface area contributed by atoms with E-state index in [-0.39, 0.29) is 18.9 Å². The van der Waals surface area contributed by atoms with Crippen LogP contribution in [-0.2, 0) is 12.8 Å². The van der Waals surface area contributed by atoms with Crippen LogP contribution in [0.1, 0.15) is 68.6 Å². The van der Waals surface area contributed by atoms with Gasteiger partial charge in [0, 0.05) is 17.8 Å². The topological polar surface area (TPSA) is 72.5 Å². The summed E-state index contributed by atoms with van der Waals surface area (Å²) in [6, 6.07) is 4.18. The first-order valence-corrected chi connectivity index (χ1v) is 11.7. The van der Waals surface area contributed by atoms with Gasteiger partial charge in [-0.15, -0.1) is 11.3 Å². The molecule has 0 bridgehead atoms. The van der Waals surface area contributed by atoms with Crippen molar-refractivity contribution in [2.24, 2.45) is 17.1 Å². The lowest BCUT2D eigenvalue weighted by molar-refractivity contribution is 0.0985. The highest BCUT2D eigenvalue weighted by atomic mass is 32.1. The number of ketones is 1. The van der Waals surface area contributed by atoms with E-state index in [2.05, 4.69) is 32.9 Å². The Labute approximate surface area is 183 Å². The van der Waals surface area contributed by atoms with Crippen LogP contribution in [0.25, 0.3) is 0 Å². The van der Waals surface area contributed by atoms with Crippen LogP contribution in [0, 0.1) is 32.1 Å². The fraction of sp³-hybridized carbons (Fsp3) is 0.560. The molecular weight excluding hydrogens is 394 g/mol. The Hall–Kier alpha value is -1.69. The van der Waals surface area contributed by atoms with Crippen molar-refractivity contribution >= 4 is 17.1 Å². The summed E-state index contributed by atoms with van der Waals surface area (Å²) in [6.45, 7) is 11.3. The van der Waals surface area contributed by atoms with Crippen molar-refractivity contribution < 1.29 is 14.6 Å². The molecule has 0 saturated heterocycles. The van der Waals surface area contributed by atoms with Crippen LogP contribution in [0.4, 0.5) is 0 Å². The van der Waals surface area contributed by atoms with Crippen molar-refractivity contribution in [2.75, 3.05) is 13.2 Å². The van der Waals surface area contributed by atoms with Gasteiger partial charge in [-0.3, -0.25) is 4.79 Å². The van der Waals surface area contributed by atoms with Crippen LogP contribution in [0.5, 0.6) is 5.75 Å². The molecule has 162 valence electrons. The average molecular weight is 428 g/mol. The van der Waals surface area contributed by atoms with Crippen molar-refractivity contribution in [3.8, 4) is 5.75 Å². The van der Waals surface area contributed by atoms with Crippen LogP contribution in [0.2, 0.25) is 0 Å². The average Bonchev–Trinajstić information content (AvgIpc) is 3.02. The number of Topliss-reactive ketones (excluding diaryl/α,β-unsaturated/α-hetero) is 1. The van der Waals surface area contributed by atoms with Crippen LogP contribution in [-0.4, -0.2) is 30.1 Å². The van der Waals surface area contributed by atoms with E-state index >= 15 is 0 Å². The second kappa shape index (κ2) is 7.77. The van der Waals surface area contributed by atoms with Gasteiger partial charge in [0.1, 0.15) is 18.5 Å². The molecule has 3 N–H and O–H groups in total. The summed E-state index contributed by atoms with van der Waals surface area (Å²) in [5, 5.41) is 9.64. The molecule has 2 aromatic rings. The third-order valence-electron chi connectivity index (χ3n) is 7.13. The Kier molecular flexibility index (Phi) is 5.58. The van der Waals surface area contributed by atoms with Crippen LogP contribution in [0.3, 0.4) is 0 Å². The van der Waals surface area contributed by atoms with Crippen molar-refractivity contribution in [1.29, 1.82) is 0 Å². The number of carbonyl (C=O) groups excluding carboxylic acids is 1. The first kappa shape index (κ1) is 21.5. The zero-order valence-electron chi connectivity index (χ0n) is 18.7. The number of aliphatic hydroxyl groups excluding tert-OH is 1. The van der Waals surface area contributed by atoms with Gasteiger partial charge in [-0.05, 0) is 78.7 Å². The van der Waals surface area contributed by atoms with Gasteiger partial charge in [-0.25, -0.2) is 0 Å². The Balaban J connectivity index is 1.43. The summed E-state index contributed by atoms with van der Waals surface area (Å²) in [5.41, 5.74) is 11.9. The summed E-state index contributed by atoms with van der Waals surface area (Å²) in [5.74, 6) is 2.48. The maximum Gasteiger partial charge on any atom is 0.173 e.